The van der Waals surface area contributed by atoms with E-state index in [1.165, 1.54) is 6.92 Å². The van der Waals surface area contributed by atoms with Crippen LogP contribution in [0.25, 0.3) is 0 Å². The van der Waals surface area contributed by atoms with E-state index in [-0.39, 0.29) is 10.7 Å². The van der Waals surface area contributed by atoms with Gasteiger partial charge in [-0.3, -0.25) is 4.79 Å². The van der Waals surface area contributed by atoms with Crippen molar-refractivity contribution in [2.45, 2.75) is 6.92 Å². The number of amides is 1. The molecule has 0 spiro atoms. The SMILES string of the molecule is CC(=O)Nc1cc(F)c(Cl)cc1F. The van der Waals surface area contributed by atoms with Crippen LogP contribution in [0.5, 0.6) is 0 Å². The van der Waals surface area contributed by atoms with E-state index in [1.54, 1.807) is 0 Å². The number of carbonyl (C=O) groups excluding carboxylic acids is 1. The van der Waals surface area contributed by atoms with Gasteiger partial charge in [0.05, 0.1) is 10.7 Å². The van der Waals surface area contributed by atoms with E-state index in [2.05, 4.69) is 5.32 Å². The summed E-state index contributed by atoms with van der Waals surface area (Å²) in [7, 11) is 0. The van der Waals surface area contributed by atoms with Crippen molar-refractivity contribution < 1.29 is 13.6 Å². The fraction of sp³-hybridized carbons (Fsp3) is 0.125. The Balaban J connectivity index is 3.08. The summed E-state index contributed by atoms with van der Waals surface area (Å²) >= 11 is 5.29. The first-order chi connectivity index (χ1) is 6.00. The van der Waals surface area contributed by atoms with Crippen molar-refractivity contribution in [3.8, 4) is 0 Å². The molecule has 1 aromatic rings. The molecule has 5 heteroatoms. The molecule has 0 atom stereocenters. The number of hydrogen-bond acceptors (Lipinski definition) is 1. The van der Waals surface area contributed by atoms with E-state index in [0.29, 0.717) is 0 Å². The summed E-state index contributed by atoms with van der Waals surface area (Å²) < 4.78 is 25.7. The average Bonchev–Trinajstić information content (AvgIpc) is 1.99. The molecule has 0 aromatic heterocycles. The fourth-order valence-electron chi connectivity index (χ4n) is 0.808. The summed E-state index contributed by atoms with van der Waals surface area (Å²) in [5.41, 5.74) is -0.214. The second kappa shape index (κ2) is 3.70. The maximum atomic E-state index is 12.9. The van der Waals surface area contributed by atoms with E-state index in [0.717, 1.165) is 12.1 Å². The van der Waals surface area contributed by atoms with E-state index in [4.69, 9.17) is 11.6 Å². The smallest absolute Gasteiger partial charge is 0.221 e. The largest absolute Gasteiger partial charge is 0.324 e. The highest BCUT2D eigenvalue weighted by Gasteiger charge is 2.08. The van der Waals surface area contributed by atoms with Crippen LogP contribution in [-0.2, 0) is 4.79 Å². The Labute approximate surface area is 78.5 Å². The first-order valence-electron chi connectivity index (χ1n) is 3.43. The van der Waals surface area contributed by atoms with Crippen LogP contribution >= 0.6 is 11.6 Å². The molecule has 0 fully saturated rings. The number of rotatable bonds is 1. The van der Waals surface area contributed by atoms with Crippen LogP contribution < -0.4 is 5.32 Å². The third-order valence-electron chi connectivity index (χ3n) is 1.32. The van der Waals surface area contributed by atoms with Crippen LogP contribution in [-0.4, -0.2) is 5.91 Å². The van der Waals surface area contributed by atoms with Gasteiger partial charge in [-0.1, -0.05) is 11.6 Å². The molecule has 0 aliphatic carbocycles. The van der Waals surface area contributed by atoms with Crippen LogP contribution in [0.1, 0.15) is 6.92 Å². The van der Waals surface area contributed by atoms with Crippen LogP contribution in [0.15, 0.2) is 12.1 Å². The lowest BCUT2D eigenvalue weighted by Gasteiger charge is -2.04. The lowest BCUT2D eigenvalue weighted by Crippen LogP contribution is -2.07. The maximum absolute atomic E-state index is 12.9. The van der Waals surface area contributed by atoms with Gasteiger partial charge < -0.3 is 5.32 Å². The first kappa shape index (κ1) is 9.92. The summed E-state index contributed by atoms with van der Waals surface area (Å²) in [5.74, 6) is -2.01. The predicted octanol–water partition coefficient (Wildman–Crippen LogP) is 2.58. The molecule has 1 amide bonds. The molecule has 1 rings (SSSR count). The third kappa shape index (κ3) is 2.39. The molecule has 0 heterocycles. The maximum Gasteiger partial charge on any atom is 0.221 e. The lowest BCUT2D eigenvalue weighted by atomic mass is 10.3. The number of halogens is 3. The van der Waals surface area contributed by atoms with Crippen molar-refractivity contribution in [3.63, 3.8) is 0 Å². The molecule has 13 heavy (non-hydrogen) atoms. The molecular weight excluding hydrogens is 200 g/mol. The van der Waals surface area contributed by atoms with Crippen LogP contribution in [0.2, 0.25) is 5.02 Å². The molecule has 2 nitrogen and oxygen atoms in total. The van der Waals surface area contributed by atoms with Gasteiger partial charge in [0.25, 0.3) is 0 Å². The summed E-state index contributed by atoms with van der Waals surface area (Å²) in [4.78, 5) is 10.5. The number of nitrogens with one attached hydrogen (secondary N) is 1. The van der Waals surface area contributed by atoms with Crippen molar-refractivity contribution in [1.29, 1.82) is 0 Å². The predicted molar refractivity (Wildman–Crippen MR) is 45.7 cm³/mol. The summed E-state index contributed by atoms with van der Waals surface area (Å²) in [6.07, 6.45) is 0. The third-order valence-corrected chi connectivity index (χ3v) is 1.61. The van der Waals surface area contributed by atoms with Gasteiger partial charge in [0.15, 0.2) is 0 Å². The zero-order chi connectivity index (χ0) is 10.0. The van der Waals surface area contributed by atoms with Gasteiger partial charge in [-0.05, 0) is 6.07 Å². The van der Waals surface area contributed by atoms with Gasteiger partial charge in [0.2, 0.25) is 5.91 Å². The lowest BCUT2D eigenvalue weighted by molar-refractivity contribution is -0.114. The Hall–Kier alpha value is -1.16. The van der Waals surface area contributed by atoms with Crippen molar-refractivity contribution in [1.82, 2.24) is 0 Å². The Morgan fingerprint density at radius 1 is 1.38 bits per heavy atom. The van der Waals surface area contributed by atoms with Crippen molar-refractivity contribution in [3.05, 3.63) is 28.8 Å². The fourth-order valence-corrected chi connectivity index (χ4v) is 0.958. The van der Waals surface area contributed by atoms with E-state index < -0.39 is 17.5 Å². The molecule has 0 unspecified atom stereocenters. The topological polar surface area (TPSA) is 29.1 Å². The number of carbonyl (C=O) groups is 1. The molecule has 1 aromatic carbocycles. The van der Waals surface area contributed by atoms with E-state index in [9.17, 15) is 13.6 Å². The van der Waals surface area contributed by atoms with Crippen molar-refractivity contribution >= 4 is 23.2 Å². The minimum absolute atomic E-state index is 0.214. The van der Waals surface area contributed by atoms with Gasteiger partial charge >= 0.3 is 0 Å². The zero-order valence-electron chi connectivity index (χ0n) is 6.70. The Kier molecular flexibility index (Phi) is 2.83. The van der Waals surface area contributed by atoms with Crippen LogP contribution in [0.4, 0.5) is 14.5 Å². The van der Waals surface area contributed by atoms with Gasteiger partial charge in [-0.25, -0.2) is 8.78 Å². The Bertz CT molecular complexity index is 354. The molecule has 0 saturated heterocycles. The highest BCUT2D eigenvalue weighted by molar-refractivity contribution is 6.30. The minimum atomic E-state index is -0.771. The summed E-state index contributed by atoms with van der Waals surface area (Å²) in [5, 5.41) is 1.82. The van der Waals surface area contributed by atoms with Crippen LogP contribution in [0, 0.1) is 11.6 Å². The standard InChI is InChI=1S/C8H6ClF2NO/c1-4(13)12-8-3-6(10)5(9)2-7(8)11/h2-3H,1H3,(H,12,13). The van der Waals surface area contributed by atoms with Gasteiger partial charge in [0, 0.05) is 13.0 Å². The quantitative estimate of drug-likeness (QED) is 0.702. The second-order valence-electron chi connectivity index (χ2n) is 2.43. The van der Waals surface area contributed by atoms with Gasteiger partial charge in [-0.2, -0.15) is 0 Å². The molecule has 0 aliphatic rings. The highest BCUT2D eigenvalue weighted by Crippen LogP contribution is 2.22. The molecule has 70 valence electrons. The van der Waals surface area contributed by atoms with Crippen LogP contribution in [0.3, 0.4) is 0 Å². The Morgan fingerprint density at radius 2 is 2.00 bits per heavy atom. The van der Waals surface area contributed by atoms with E-state index >= 15 is 0 Å². The van der Waals surface area contributed by atoms with Gasteiger partial charge in [-0.15, -0.1) is 0 Å². The summed E-state index contributed by atoms with van der Waals surface area (Å²) in [6.45, 7) is 1.20. The van der Waals surface area contributed by atoms with Crippen molar-refractivity contribution in [2.24, 2.45) is 0 Å². The van der Waals surface area contributed by atoms with E-state index in [1.807, 2.05) is 0 Å². The molecule has 0 bridgehead atoms. The number of benzene rings is 1. The molecule has 0 radical (unpaired) electrons. The molecular formula is C8H6ClF2NO. The Morgan fingerprint density at radius 3 is 2.54 bits per heavy atom. The van der Waals surface area contributed by atoms with Crippen molar-refractivity contribution in [2.75, 3.05) is 5.32 Å². The normalized spacial score (nSPS) is 9.85. The average molecular weight is 206 g/mol. The number of hydrogen-bond donors (Lipinski definition) is 1. The zero-order valence-corrected chi connectivity index (χ0v) is 7.45. The summed E-state index contributed by atoms with van der Waals surface area (Å²) in [6, 6.07) is 1.64. The first-order valence-corrected chi connectivity index (χ1v) is 3.80. The molecule has 0 saturated carbocycles. The van der Waals surface area contributed by atoms with Gasteiger partial charge in [0.1, 0.15) is 11.6 Å². The molecule has 0 aliphatic heterocycles. The monoisotopic (exact) mass is 205 g/mol. The highest BCUT2D eigenvalue weighted by atomic mass is 35.5. The minimum Gasteiger partial charge on any atom is -0.324 e. The molecule has 1 N–H and O–H groups in total. The second-order valence-corrected chi connectivity index (χ2v) is 2.83. The number of anilines is 1.